The fourth-order valence-corrected chi connectivity index (χ4v) is 5.27. The van der Waals surface area contributed by atoms with Crippen molar-refractivity contribution in [2.24, 2.45) is 0 Å². The molecule has 43 heavy (non-hydrogen) atoms. The second kappa shape index (κ2) is 21.7. The van der Waals surface area contributed by atoms with Gasteiger partial charge in [0.1, 0.15) is 24.3 Å². The quantitative estimate of drug-likeness (QED) is 0.0973. The number of alkyl halides is 1. The van der Waals surface area contributed by atoms with Gasteiger partial charge in [-0.1, -0.05) is 122 Å². The van der Waals surface area contributed by atoms with Gasteiger partial charge < -0.3 is 9.47 Å². The van der Waals surface area contributed by atoms with Crippen LogP contribution in [0.2, 0.25) is 0 Å². The van der Waals surface area contributed by atoms with E-state index in [9.17, 15) is 4.39 Å². The van der Waals surface area contributed by atoms with E-state index >= 15 is 0 Å². The first kappa shape index (κ1) is 34.5. The maximum atomic E-state index is 14.3. The maximum absolute atomic E-state index is 14.3. The van der Waals surface area contributed by atoms with Gasteiger partial charge in [0.05, 0.1) is 6.61 Å². The highest BCUT2D eigenvalue weighted by molar-refractivity contribution is 5.64. The molecule has 1 unspecified atom stereocenters. The predicted molar refractivity (Wildman–Crippen MR) is 179 cm³/mol. The van der Waals surface area contributed by atoms with E-state index < -0.39 is 6.17 Å². The summed E-state index contributed by atoms with van der Waals surface area (Å²) in [6.45, 7) is 5.36. The minimum absolute atomic E-state index is 0.101. The Kier molecular flexibility index (Phi) is 17.4. The molecular weight excluding hydrogens is 535 g/mol. The van der Waals surface area contributed by atoms with E-state index in [0.717, 1.165) is 48.3 Å². The number of hydrogen-bond acceptors (Lipinski definition) is 4. The zero-order valence-electron chi connectivity index (χ0n) is 26.9. The lowest BCUT2D eigenvalue weighted by Crippen LogP contribution is -2.12. The Balaban J connectivity index is 1.33. The Morgan fingerprint density at radius 1 is 0.535 bits per heavy atom. The van der Waals surface area contributed by atoms with Crippen LogP contribution in [-0.2, 0) is 0 Å². The molecule has 0 amide bonds. The molecule has 0 fully saturated rings. The number of hydrogen-bond donors (Lipinski definition) is 0. The maximum Gasteiger partial charge on any atom is 0.159 e. The van der Waals surface area contributed by atoms with Crippen molar-refractivity contribution in [3.05, 3.63) is 60.9 Å². The molecule has 1 heterocycles. The van der Waals surface area contributed by atoms with Gasteiger partial charge >= 0.3 is 0 Å². The van der Waals surface area contributed by atoms with Gasteiger partial charge in [0.15, 0.2) is 5.82 Å². The third kappa shape index (κ3) is 14.4. The van der Waals surface area contributed by atoms with Gasteiger partial charge in [-0.05, 0) is 54.8 Å². The van der Waals surface area contributed by atoms with E-state index in [1.54, 1.807) is 0 Å². The van der Waals surface area contributed by atoms with Gasteiger partial charge in [0.2, 0.25) is 0 Å². The second-order valence-corrected chi connectivity index (χ2v) is 11.8. The minimum atomic E-state index is -0.924. The average Bonchev–Trinajstić information content (AvgIpc) is 3.05. The van der Waals surface area contributed by atoms with Gasteiger partial charge in [-0.2, -0.15) is 0 Å². The van der Waals surface area contributed by atoms with E-state index in [0.29, 0.717) is 18.0 Å². The topological polar surface area (TPSA) is 44.2 Å². The summed E-state index contributed by atoms with van der Waals surface area (Å²) in [6.07, 6.45) is 23.6. The fraction of sp³-hybridized carbons (Fsp3) is 0.579. The Hall–Kier alpha value is -2.95. The van der Waals surface area contributed by atoms with E-state index in [1.165, 1.54) is 83.5 Å². The molecular formula is C38H55FN2O2. The second-order valence-electron chi connectivity index (χ2n) is 11.8. The van der Waals surface area contributed by atoms with Crippen molar-refractivity contribution in [2.45, 2.75) is 129 Å². The van der Waals surface area contributed by atoms with E-state index in [-0.39, 0.29) is 6.61 Å². The average molecular weight is 591 g/mol. The molecule has 0 spiro atoms. The van der Waals surface area contributed by atoms with Crippen molar-refractivity contribution in [2.75, 3.05) is 13.2 Å². The molecule has 0 aliphatic carbocycles. The highest BCUT2D eigenvalue weighted by atomic mass is 19.1. The normalized spacial score (nSPS) is 11.9. The van der Waals surface area contributed by atoms with Crippen LogP contribution in [0.15, 0.2) is 60.9 Å². The van der Waals surface area contributed by atoms with Crippen LogP contribution < -0.4 is 9.47 Å². The first-order chi connectivity index (χ1) is 21.2. The Morgan fingerprint density at radius 3 is 1.56 bits per heavy atom. The van der Waals surface area contributed by atoms with Gasteiger partial charge in [0.25, 0.3) is 0 Å². The summed E-state index contributed by atoms with van der Waals surface area (Å²) in [5, 5.41) is 0. The zero-order valence-corrected chi connectivity index (χ0v) is 26.9. The summed E-state index contributed by atoms with van der Waals surface area (Å²) in [5.74, 6) is 2.22. The molecule has 0 N–H and O–H groups in total. The standard InChI is InChI=1S/C38H55FN2O2/c1-3-5-7-9-11-12-14-16-18-28-42-36-24-20-32(21-25-36)34-29-40-38(41-30-34)33-22-26-37(27-23-33)43-31-35(39)19-17-15-13-10-8-6-4-2/h20-27,29-30,35H,3-19,28,31H2,1-2H3. The number of nitrogens with zero attached hydrogens (tertiary/aromatic N) is 2. The molecule has 0 saturated carbocycles. The summed E-state index contributed by atoms with van der Waals surface area (Å²) in [4.78, 5) is 9.16. The SMILES string of the molecule is CCCCCCCCCCCOc1ccc(-c2cnc(-c3ccc(OCC(F)CCCCCCCCC)cc3)nc2)cc1. The fourth-order valence-electron chi connectivity index (χ4n) is 5.27. The summed E-state index contributed by atoms with van der Waals surface area (Å²) >= 11 is 0. The van der Waals surface area contributed by atoms with Crippen LogP contribution >= 0.6 is 0 Å². The monoisotopic (exact) mass is 590 g/mol. The number of halogens is 1. The molecule has 0 saturated heterocycles. The lowest BCUT2D eigenvalue weighted by Gasteiger charge is -2.11. The Bertz CT molecular complexity index is 1090. The first-order valence-corrected chi connectivity index (χ1v) is 17.1. The van der Waals surface area contributed by atoms with Crippen LogP contribution in [0.25, 0.3) is 22.5 Å². The minimum Gasteiger partial charge on any atom is -0.494 e. The summed E-state index contributed by atoms with van der Waals surface area (Å²) in [5.41, 5.74) is 2.92. The Labute approximate surface area is 260 Å². The van der Waals surface area contributed by atoms with E-state index in [2.05, 4.69) is 35.9 Å². The molecule has 0 radical (unpaired) electrons. The third-order valence-corrected chi connectivity index (χ3v) is 8.02. The van der Waals surface area contributed by atoms with Crippen LogP contribution in [0.4, 0.5) is 4.39 Å². The number of aromatic nitrogens is 2. The number of benzene rings is 2. The lowest BCUT2D eigenvalue weighted by atomic mass is 10.1. The van der Waals surface area contributed by atoms with Crippen LogP contribution in [0.5, 0.6) is 11.5 Å². The third-order valence-electron chi connectivity index (χ3n) is 8.02. The van der Waals surface area contributed by atoms with Crippen molar-refractivity contribution in [1.82, 2.24) is 9.97 Å². The summed E-state index contributed by atoms with van der Waals surface area (Å²) < 4.78 is 25.9. The van der Waals surface area contributed by atoms with Crippen LogP contribution in [0.3, 0.4) is 0 Å². The van der Waals surface area contributed by atoms with Crippen molar-refractivity contribution < 1.29 is 13.9 Å². The molecule has 0 aliphatic rings. The summed E-state index contributed by atoms with van der Waals surface area (Å²) in [7, 11) is 0. The molecule has 5 heteroatoms. The van der Waals surface area contributed by atoms with Crippen molar-refractivity contribution in [1.29, 1.82) is 0 Å². The highest BCUT2D eigenvalue weighted by Gasteiger charge is 2.09. The molecule has 1 aromatic heterocycles. The molecule has 3 rings (SSSR count). The predicted octanol–water partition coefficient (Wildman–Crippen LogP) is 11.6. The van der Waals surface area contributed by atoms with Gasteiger partial charge in [-0.15, -0.1) is 0 Å². The van der Waals surface area contributed by atoms with Crippen molar-refractivity contribution in [3.8, 4) is 34.0 Å². The Morgan fingerprint density at radius 2 is 1.00 bits per heavy atom. The highest BCUT2D eigenvalue weighted by Crippen LogP contribution is 2.25. The van der Waals surface area contributed by atoms with Crippen LogP contribution in [0.1, 0.15) is 123 Å². The number of ether oxygens (including phenoxy) is 2. The van der Waals surface area contributed by atoms with Crippen molar-refractivity contribution >= 4 is 0 Å². The van der Waals surface area contributed by atoms with Gasteiger partial charge in [-0.3, -0.25) is 0 Å². The molecule has 3 aromatic rings. The smallest absolute Gasteiger partial charge is 0.159 e. The van der Waals surface area contributed by atoms with Crippen LogP contribution in [-0.4, -0.2) is 29.4 Å². The number of rotatable bonds is 24. The molecule has 0 bridgehead atoms. The molecule has 1 atom stereocenters. The zero-order chi connectivity index (χ0) is 30.4. The number of unbranched alkanes of at least 4 members (excludes halogenated alkanes) is 14. The largest absolute Gasteiger partial charge is 0.494 e. The molecule has 2 aromatic carbocycles. The van der Waals surface area contributed by atoms with Gasteiger partial charge in [0, 0.05) is 23.5 Å². The van der Waals surface area contributed by atoms with E-state index in [4.69, 9.17) is 9.47 Å². The van der Waals surface area contributed by atoms with E-state index in [1.807, 2.05) is 48.8 Å². The molecule has 0 aliphatic heterocycles. The molecule has 4 nitrogen and oxygen atoms in total. The summed E-state index contributed by atoms with van der Waals surface area (Å²) in [6, 6.07) is 15.7. The van der Waals surface area contributed by atoms with Crippen molar-refractivity contribution in [3.63, 3.8) is 0 Å². The van der Waals surface area contributed by atoms with Gasteiger partial charge in [-0.25, -0.2) is 14.4 Å². The van der Waals surface area contributed by atoms with Crippen LogP contribution in [0, 0.1) is 0 Å². The molecule has 236 valence electrons. The lowest BCUT2D eigenvalue weighted by molar-refractivity contribution is 0.184. The first-order valence-electron chi connectivity index (χ1n) is 17.1.